The van der Waals surface area contributed by atoms with Crippen LogP contribution in [0.25, 0.3) is 35.6 Å². The van der Waals surface area contributed by atoms with Crippen molar-refractivity contribution in [2.75, 3.05) is 0 Å². The predicted molar refractivity (Wildman–Crippen MR) is 201 cm³/mol. The summed E-state index contributed by atoms with van der Waals surface area (Å²) in [5.74, 6) is 1.89. The molecule has 48 heavy (non-hydrogen) atoms. The van der Waals surface area contributed by atoms with Gasteiger partial charge in [0.25, 0.3) is 0 Å². The number of hydrogen-bond donors (Lipinski definition) is 0. The highest BCUT2D eigenvalue weighted by Gasteiger charge is 2.17. The second-order valence-electron chi connectivity index (χ2n) is 12.2. The van der Waals surface area contributed by atoms with Crippen molar-refractivity contribution in [2.24, 2.45) is 0 Å². The Hall–Kier alpha value is -5.67. The highest BCUT2D eigenvalue weighted by Crippen LogP contribution is 2.38. The molecule has 5 aromatic carbocycles. The summed E-state index contributed by atoms with van der Waals surface area (Å²) in [6.45, 7) is 7.50. The van der Waals surface area contributed by atoms with Crippen LogP contribution in [0, 0.1) is 6.92 Å². The van der Waals surface area contributed by atoms with Crippen LogP contribution in [0.2, 0.25) is 0 Å². The van der Waals surface area contributed by atoms with Gasteiger partial charge in [-0.1, -0.05) is 153 Å². The number of ether oxygens (including phenoxy) is 2. The number of nitrogens with zero attached hydrogens (tertiary/aromatic N) is 1. The molecule has 0 saturated heterocycles. The first kappa shape index (κ1) is 32.3. The van der Waals surface area contributed by atoms with Crippen LogP contribution in [0.15, 0.2) is 140 Å². The molecule has 0 N–H and O–H groups in total. The first-order valence-electron chi connectivity index (χ1n) is 16.5. The van der Waals surface area contributed by atoms with E-state index in [4.69, 9.17) is 14.5 Å². The molecule has 6 aromatic rings. The Bertz CT molecular complexity index is 1930. The molecule has 0 spiro atoms. The van der Waals surface area contributed by atoms with Crippen molar-refractivity contribution in [1.29, 1.82) is 0 Å². The lowest BCUT2D eigenvalue weighted by molar-refractivity contribution is 0.282. The third-order valence-corrected chi connectivity index (χ3v) is 8.31. The third-order valence-electron chi connectivity index (χ3n) is 8.31. The Balaban J connectivity index is 1.34. The molecule has 3 nitrogen and oxygen atoms in total. The molecular weight excluding hydrogens is 587 g/mol. The van der Waals surface area contributed by atoms with Gasteiger partial charge in [0.2, 0.25) is 0 Å². The van der Waals surface area contributed by atoms with Crippen molar-refractivity contribution in [1.82, 2.24) is 4.98 Å². The summed E-state index contributed by atoms with van der Waals surface area (Å²) >= 11 is 0. The van der Waals surface area contributed by atoms with Gasteiger partial charge in [0.15, 0.2) is 0 Å². The van der Waals surface area contributed by atoms with Crippen LogP contribution in [-0.2, 0) is 13.2 Å². The number of pyridine rings is 1. The number of aryl methyl sites for hydroxylation is 1. The fourth-order valence-corrected chi connectivity index (χ4v) is 5.82. The van der Waals surface area contributed by atoms with Crippen LogP contribution in [0.1, 0.15) is 64.3 Å². The second-order valence-corrected chi connectivity index (χ2v) is 12.2. The van der Waals surface area contributed by atoms with E-state index in [1.54, 1.807) is 0 Å². The average Bonchev–Trinajstić information content (AvgIpc) is 3.13. The maximum Gasteiger partial charge on any atom is 0.127 e. The zero-order chi connectivity index (χ0) is 33.1. The Morgan fingerprint density at radius 1 is 0.583 bits per heavy atom. The zero-order valence-corrected chi connectivity index (χ0v) is 27.8. The molecule has 0 amide bonds. The molecule has 1 aromatic heterocycles. The lowest BCUT2D eigenvalue weighted by Crippen LogP contribution is -2.05. The molecule has 0 bridgehead atoms. The van der Waals surface area contributed by atoms with Gasteiger partial charge < -0.3 is 9.47 Å². The minimum Gasteiger partial charge on any atom is -0.488 e. The number of hydrogen-bond acceptors (Lipinski definition) is 3. The van der Waals surface area contributed by atoms with E-state index >= 15 is 0 Å². The largest absolute Gasteiger partial charge is 0.488 e. The van der Waals surface area contributed by atoms with Crippen molar-refractivity contribution in [3.05, 3.63) is 184 Å². The fraction of sp³-hybridized carbons (Fsp3) is 0.133. The van der Waals surface area contributed by atoms with E-state index in [2.05, 4.69) is 118 Å². The van der Waals surface area contributed by atoms with Gasteiger partial charge in [-0.3, -0.25) is 4.98 Å². The number of aromatic nitrogens is 1. The molecule has 0 atom stereocenters. The Morgan fingerprint density at radius 3 is 1.75 bits per heavy atom. The van der Waals surface area contributed by atoms with E-state index < -0.39 is 0 Å². The van der Waals surface area contributed by atoms with E-state index in [-0.39, 0.29) is 5.92 Å². The van der Waals surface area contributed by atoms with Crippen molar-refractivity contribution in [3.8, 4) is 22.8 Å². The lowest BCUT2D eigenvalue weighted by atomic mass is 9.96. The van der Waals surface area contributed by atoms with Gasteiger partial charge in [-0.2, -0.15) is 0 Å². The minimum absolute atomic E-state index is 0.210. The molecule has 238 valence electrons. The summed E-state index contributed by atoms with van der Waals surface area (Å²) in [7, 11) is 0. The van der Waals surface area contributed by atoms with Crippen LogP contribution in [0.4, 0.5) is 0 Å². The van der Waals surface area contributed by atoms with Crippen LogP contribution in [0.3, 0.4) is 0 Å². The van der Waals surface area contributed by atoms with Gasteiger partial charge in [-0.15, -0.1) is 0 Å². The third kappa shape index (κ3) is 8.18. The SMILES string of the molecule is Cc1cccc(C=Cc2cc(OCc3ccccc3)c(C(C)C)c(OCc3ccccc3)c2)c1/C=C/c1cccnc1-c1ccccc1. The molecular formula is C45H41NO2. The second kappa shape index (κ2) is 15.8. The summed E-state index contributed by atoms with van der Waals surface area (Å²) in [5, 5.41) is 0. The van der Waals surface area contributed by atoms with E-state index in [1.807, 2.05) is 66.9 Å². The normalized spacial score (nSPS) is 11.4. The predicted octanol–water partition coefficient (Wildman–Crippen LogP) is 11.7. The maximum absolute atomic E-state index is 6.52. The fourth-order valence-electron chi connectivity index (χ4n) is 5.82. The first-order chi connectivity index (χ1) is 23.5. The van der Waals surface area contributed by atoms with E-state index in [9.17, 15) is 0 Å². The van der Waals surface area contributed by atoms with Crippen molar-refractivity contribution < 1.29 is 9.47 Å². The standard InChI is InChI=1S/C45H41NO2/c1-33(2)44-42(47-31-35-16-7-4-8-17-35)29-37(30-43(44)48-32-36-18-9-5-10-19-36)24-25-38-22-13-15-34(3)41(38)27-26-40-23-14-28-46-45(40)39-20-11-6-12-21-39/h4-30,33H,31-32H2,1-3H3/b25-24?,27-26+. The van der Waals surface area contributed by atoms with Crippen LogP contribution >= 0.6 is 0 Å². The lowest BCUT2D eigenvalue weighted by Gasteiger charge is -2.20. The molecule has 0 saturated carbocycles. The molecule has 3 heteroatoms. The average molecular weight is 628 g/mol. The van der Waals surface area contributed by atoms with Gasteiger partial charge in [0, 0.05) is 22.9 Å². The maximum atomic E-state index is 6.52. The Labute approximate surface area is 284 Å². The van der Waals surface area contributed by atoms with Crippen LogP contribution < -0.4 is 9.47 Å². The highest BCUT2D eigenvalue weighted by atomic mass is 16.5. The molecule has 1 heterocycles. The van der Waals surface area contributed by atoms with E-state index in [1.165, 1.54) is 5.56 Å². The zero-order valence-electron chi connectivity index (χ0n) is 27.8. The van der Waals surface area contributed by atoms with Gasteiger partial charge in [0.1, 0.15) is 24.7 Å². The highest BCUT2D eigenvalue weighted by molar-refractivity contribution is 5.84. The summed E-state index contributed by atoms with van der Waals surface area (Å²) in [5.41, 5.74) is 11.0. The molecule has 6 rings (SSSR count). The molecule has 0 unspecified atom stereocenters. The van der Waals surface area contributed by atoms with Crippen molar-refractivity contribution >= 4 is 24.3 Å². The van der Waals surface area contributed by atoms with Gasteiger partial charge in [-0.05, 0) is 64.4 Å². The van der Waals surface area contributed by atoms with Gasteiger partial charge in [0.05, 0.1) is 5.69 Å². The van der Waals surface area contributed by atoms with E-state index in [0.29, 0.717) is 13.2 Å². The van der Waals surface area contributed by atoms with Gasteiger partial charge in [-0.25, -0.2) is 0 Å². The molecule has 0 aliphatic carbocycles. The topological polar surface area (TPSA) is 31.4 Å². The molecule has 0 radical (unpaired) electrons. The summed E-state index contributed by atoms with van der Waals surface area (Å²) in [6.07, 6.45) is 10.5. The number of benzene rings is 5. The summed E-state index contributed by atoms with van der Waals surface area (Å²) in [6, 6.07) is 45.7. The summed E-state index contributed by atoms with van der Waals surface area (Å²) < 4.78 is 13.0. The van der Waals surface area contributed by atoms with E-state index in [0.717, 1.165) is 61.7 Å². The summed E-state index contributed by atoms with van der Waals surface area (Å²) in [4.78, 5) is 4.70. The Morgan fingerprint density at radius 2 is 1.15 bits per heavy atom. The smallest absolute Gasteiger partial charge is 0.127 e. The van der Waals surface area contributed by atoms with Crippen molar-refractivity contribution in [2.45, 2.75) is 39.9 Å². The van der Waals surface area contributed by atoms with Crippen LogP contribution in [-0.4, -0.2) is 4.98 Å². The first-order valence-corrected chi connectivity index (χ1v) is 16.5. The minimum atomic E-state index is 0.210. The van der Waals surface area contributed by atoms with Gasteiger partial charge >= 0.3 is 0 Å². The Kier molecular flexibility index (Phi) is 10.6. The molecule has 0 aliphatic rings. The number of rotatable bonds is 12. The monoisotopic (exact) mass is 627 g/mol. The quantitative estimate of drug-likeness (QED) is 0.127. The molecule has 0 fully saturated rings. The van der Waals surface area contributed by atoms with Crippen molar-refractivity contribution in [3.63, 3.8) is 0 Å². The molecule has 0 aliphatic heterocycles. The van der Waals surface area contributed by atoms with Crippen LogP contribution in [0.5, 0.6) is 11.5 Å².